The molecular weight excluding hydrogens is 797 g/mol. The van der Waals surface area contributed by atoms with E-state index in [1.807, 2.05) is 0 Å². The molecule has 1 spiro atoms. The summed E-state index contributed by atoms with van der Waals surface area (Å²) in [5.41, 5.74) is 23.9. The Morgan fingerprint density at radius 2 is 0.818 bits per heavy atom. The second-order valence-corrected chi connectivity index (χ2v) is 18.4. The van der Waals surface area contributed by atoms with Crippen molar-refractivity contribution in [1.29, 1.82) is 0 Å². The highest BCUT2D eigenvalue weighted by atomic mass is 15.2. The van der Waals surface area contributed by atoms with Crippen LogP contribution in [0.1, 0.15) is 47.2 Å². The van der Waals surface area contributed by atoms with Crippen LogP contribution in [0.5, 0.6) is 0 Å². The molecule has 0 N–H and O–H groups in total. The molecule has 0 fully saturated rings. The van der Waals surface area contributed by atoms with E-state index in [0.717, 1.165) is 22.7 Å². The van der Waals surface area contributed by atoms with Gasteiger partial charge in [-0.25, -0.2) is 0 Å². The van der Waals surface area contributed by atoms with E-state index in [9.17, 15) is 0 Å². The van der Waals surface area contributed by atoms with Gasteiger partial charge in [0.25, 0.3) is 0 Å². The monoisotopic (exact) mass is 842 g/mol. The molecule has 1 aliphatic heterocycles. The minimum Gasteiger partial charge on any atom is -0.310 e. The van der Waals surface area contributed by atoms with Gasteiger partial charge in [-0.15, -0.1) is 0 Å². The standard InChI is InChI=1S/C64H46N2/c1-63(2)54-32-12-9-27-48(54)50-40-39-47(42-58(50)63)65(46-26-19-23-44(41-46)43-21-5-3-6-22-43)59-36-16-11-29-51(59)53-31-20-30-52-49-28-10-13-33-55(49)64(62(52)53)56-34-14-17-37-60(56)66(45-24-7-4-8-25-45)61-38-18-15-35-57(61)64/h3-42H,1-2H3. The average Bonchev–Trinajstić information content (AvgIpc) is 3.80. The van der Waals surface area contributed by atoms with E-state index in [4.69, 9.17) is 0 Å². The Morgan fingerprint density at radius 3 is 1.53 bits per heavy atom. The third kappa shape index (κ3) is 5.42. The van der Waals surface area contributed by atoms with Crippen LogP contribution in [0.25, 0.3) is 44.5 Å². The topological polar surface area (TPSA) is 6.48 Å². The lowest BCUT2D eigenvalue weighted by molar-refractivity contribution is 0.660. The zero-order valence-corrected chi connectivity index (χ0v) is 37.0. The highest BCUT2D eigenvalue weighted by Gasteiger charge is 2.53. The smallest absolute Gasteiger partial charge is 0.0760 e. The Labute approximate surface area is 387 Å². The van der Waals surface area contributed by atoms with Crippen LogP contribution in [0, 0.1) is 0 Å². The average molecular weight is 843 g/mol. The summed E-state index contributed by atoms with van der Waals surface area (Å²) in [5.74, 6) is 0. The Morgan fingerprint density at radius 1 is 0.333 bits per heavy atom. The summed E-state index contributed by atoms with van der Waals surface area (Å²) in [6.07, 6.45) is 0. The van der Waals surface area contributed by atoms with Crippen LogP contribution in [0.15, 0.2) is 243 Å². The number of hydrogen-bond donors (Lipinski definition) is 0. The van der Waals surface area contributed by atoms with E-state index >= 15 is 0 Å². The third-order valence-corrected chi connectivity index (χ3v) is 14.6. The molecule has 0 atom stereocenters. The first kappa shape index (κ1) is 38.3. The minimum atomic E-state index is -0.616. The van der Waals surface area contributed by atoms with Crippen molar-refractivity contribution in [2.45, 2.75) is 24.7 Å². The van der Waals surface area contributed by atoms with E-state index in [1.165, 1.54) is 89.3 Å². The Bertz CT molecular complexity index is 3480. The third-order valence-electron chi connectivity index (χ3n) is 14.6. The Kier molecular flexibility index (Phi) is 8.51. The highest BCUT2D eigenvalue weighted by molar-refractivity contribution is 6.01. The molecule has 0 aromatic heterocycles. The first-order valence-electron chi connectivity index (χ1n) is 23.1. The lowest BCUT2D eigenvalue weighted by Gasteiger charge is -2.45. The summed E-state index contributed by atoms with van der Waals surface area (Å²) in [6, 6.07) is 90.2. The van der Waals surface area contributed by atoms with Crippen LogP contribution in [-0.2, 0) is 10.8 Å². The molecule has 0 saturated carbocycles. The van der Waals surface area contributed by atoms with Gasteiger partial charge in [0.2, 0.25) is 0 Å². The number of rotatable bonds is 6. The molecule has 2 nitrogen and oxygen atoms in total. The summed E-state index contributed by atoms with van der Waals surface area (Å²) < 4.78 is 0. The van der Waals surface area contributed by atoms with Crippen molar-refractivity contribution in [3.8, 4) is 44.5 Å². The van der Waals surface area contributed by atoms with Crippen LogP contribution in [0.2, 0.25) is 0 Å². The number of hydrogen-bond acceptors (Lipinski definition) is 2. The second-order valence-electron chi connectivity index (χ2n) is 18.4. The van der Waals surface area contributed by atoms with Crippen molar-refractivity contribution in [3.05, 3.63) is 276 Å². The quantitative estimate of drug-likeness (QED) is 0.165. The van der Waals surface area contributed by atoms with Gasteiger partial charge in [0, 0.05) is 28.0 Å². The lowest BCUT2D eigenvalue weighted by atomic mass is 9.63. The van der Waals surface area contributed by atoms with E-state index in [0.29, 0.717) is 0 Å². The van der Waals surface area contributed by atoms with Crippen LogP contribution in [-0.4, -0.2) is 0 Å². The molecule has 0 bridgehead atoms. The van der Waals surface area contributed by atoms with Crippen LogP contribution in [0.3, 0.4) is 0 Å². The molecule has 2 heteroatoms. The summed E-state index contributed by atoms with van der Waals surface area (Å²) in [7, 11) is 0. The zero-order valence-electron chi connectivity index (χ0n) is 37.0. The number of anilines is 6. The van der Waals surface area contributed by atoms with Gasteiger partial charge in [-0.2, -0.15) is 0 Å². The van der Waals surface area contributed by atoms with Crippen molar-refractivity contribution in [1.82, 2.24) is 0 Å². The molecule has 10 aromatic rings. The van der Waals surface area contributed by atoms with Crippen LogP contribution >= 0.6 is 0 Å². The van der Waals surface area contributed by atoms with Gasteiger partial charge < -0.3 is 9.80 Å². The molecule has 0 radical (unpaired) electrons. The van der Waals surface area contributed by atoms with Crippen molar-refractivity contribution in [2.75, 3.05) is 9.80 Å². The van der Waals surface area contributed by atoms with Gasteiger partial charge in [0.15, 0.2) is 0 Å². The fraction of sp³-hybridized carbons (Fsp3) is 0.0625. The van der Waals surface area contributed by atoms with Crippen molar-refractivity contribution in [3.63, 3.8) is 0 Å². The minimum absolute atomic E-state index is 0.160. The normalized spacial score (nSPS) is 14.1. The first-order chi connectivity index (χ1) is 32.5. The van der Waals surface area contributed by atoms with Gasteiger partial charge in [0.05, 0.1) is 22.5 Å². The molecule has 2 aliphatic carbocycles. The SMILES string of the molecule is CC1(C)c2ccccc2-c2ccc(N(c3cccc(-c4ccccc4)c3)c3ccccc3-c3cccc4c3C3(c5ccccc5-4)c4ccccc4N(c4ccccc4)c4ccccc43)cc21. The van der Waals surface area contributed by atoms with Crippen molar-refractivity contribution < 1.29 is 0 Å². The molecular formula is C64H46N2. The van der Waals surface area contributed by atoms with Gasteiger partial charge in [-0.1, -0.05) is 202 Å². The summed E-state index contributed by atoms with van der Waals surface area (Å²) in [5, 5.41) is 0. The maximum absolute atomic E-state index is 2.51. The fourth-order valence-corrected chi connectivity index (χ4v) is 11.9. The van der Waals surface area contributed by atoms with Gasteiger partial charge in [-0.05, 0) is 127 Å². The van der Waals surface area contributed by atoms with Gasteiger partial charge in [0.1, 0.15) is 0 Å². The molecule has 10 aromatic carbocycles. The maximum atomic E-state index is 2.51. The highest BCUT2D eigenvalue weighted by Crippen LogP contribution is 2.65. The largest absolute Gasteiger partial charge is 0.310 e. The summed E-state index contributed by atoms with van der Waals surface area (Å²) in [4.78, 5) is 4.97. The van der Waals surface area contributed by atoms with Gasteiger partial charge in [-0.3, -0.25) is 0 Å². The summed E-state index contributed by atoms with van der Waals surface area (Å²) in [6.45, 7) is 4.75. The number of para-hydroxylation sites is 4. The molecule has 0 unspecified atom stereocenters. The second kappa shape index (κ2) is 14.7. The molecule has 0 saturated heterocycles. The number of fused-ring (bicyclic) bond motifs is 12. The predicted molar refractivity (Wildman–Crippen MR) is 275 cm³/mol. The van der Waals surface area contributed by atoms with E-state index in [2.05, 4.69) is 266 Å². The number of nitrogens with zero attached hydrogens (tertiary/aromatic N) is 2. The zero-order chi connectivity index (χ0) is 44.0. The van der Waals surface area contributed by atoms with Crippen molar-refractivity contribution >= 4 is 34.1 Å². The fourth-order valence-electron chi connectivity index (χ4n) is 11.9. The first-order valence-corrected chi connectivity index (χ1v) is 23.1. The van der Waals surface area contributed by atoms with Crippen LogP contribution in [0.4, 0.5) is 34.1 Å². The molecule has 312 valence electrons. The molecule has 13 rings (SSSR count). The van der Waals surface area contributed by atoms with E-state index in [1.54, 1.807) is 0 Å². The van der Waals surface area contributed by atoms with Gasteiger partial charge >= 0.3 is 0 Å². The maximum Gasteiger partial charge on any atom is 0.0760 e. The molecule has 1 heterocycles. The Hall–Kier alpha value is -8.20. The molecule has 0 amide bonds. The number of benzene rings is 10. The molecule has 66 heavy (non-hydrogen) atoms. The molecule has 3 aliphatic rings. The summed E-state index contributed by atoms with van der Waals surface area (Å²) >= 11 is 0. The van der Waals surface area contributed by atoms with E-state index in [-0.39, 0.29) is 5.41 Å². The lowest BCUT2D eigenvalue weighted by Crippen LogP contribution is -2.36. The van der Waals surface area contributed by atoms with E-state index < -0.39 is 5.41 Å². The van der Waals surface area contributed by atoms with Crippen LogP contribution < -0.4 is 9.80 Å². The Balaban J connectivity index is 1.09. The van der Waals surface area contributed by atoms with Crippen molar-refractivity contribution in [2.24, 2.45) is 0 Å². The predicted octanol–water partition coefficient (Wildman–Crippen LogP) is 16.9.